The third-order valence-electron chi connectivity index (χ3n) is 5.43. The number of Topliss-reactive ketones (excluding diaryl/α,β-unsaturated/α-hetero) is 1. The summed E-state index contributed by atoms with van der Waals surface area (Å²) < 4.78 is 5.00. The molecule has 174 valence electrons. The number of aliphatic hydroxyl groups is 1. The molecular formula is C25H22N2O6S. The van der Waals surface area contributed by atoms with Crippen molar-refractivity contribution in [3.05, 3.63) is 86.6 Å². The Kier molecular flexibility index (Phi) is 6.21. The topological polar surface area (TPSA) is 117 Å². The van der Waals surface area contributed by atoms with Crippen molar-refractivity contribution in [2.75, 3.05) is 11.5 Å². The fraction of sp³-hybridized carbons (Fsp3) is 0.200. The molecule has 2 N–H and O–H groups in total. The number of carbonyl (C=O) groups excluding carboxylic acids is 3. The van der Waals surface area contributed by atoms with Crippen molar-refractivity contribution < 1.29 is 29.3 Å². The molecule has 2 heterocycles. The maximum atomic E-state index is 13.5. The number of thiazole rings is 1. The summed E-state index contributed by atoms with van der Waals surface area (Å²) in [5.74, 6) is -2.36. The highest BCUT2D eigenvalue weighted by molar-refractivity contribution is 7.14. The number of amides is 1. The van der Waals surface area contributed by atoms with Crippen LogP contribution in [0.15, 0.2) is 59.9 Å². The minimum Gasteiger partial charge on any atom is -0.508 e. The molecule has 34 heavy (non-hydrogen) atoms. The number of aromatic hydroxyl groups is 1. The van der Waals surface area contributed by atoms with Crippen LogP contribution in [0.3, 0.4) is 0 Å². The van der Waals surface area contributed by atoms with Crippen molar-refractivity contribution >= 4 is 34.7 Å². The number of esters is 1. The number of phenols is 1. The predicted octanol–water partition coefficient (Wildman–Crippen LogP) is 4.43. The van der Waals surface area contributed by atoms with E-state index >= 15 is 0 Å². The van der Waals surface area contributed by atoms with Crippen molar-refractivity contribution in [1.29, 1.82) is 0 Å². The molecule has 3 aromatic rings. The van der Waals surface area contributed by atoms with Gasteiger partial charge in [0.25, 0.3) is 5.91 Å². The summed E-state index contributed by atoms with van der Waals surface area (Å²) in [7, 11) is 0. The Bertz CT molecular complexity index is 1310. The Balaban J connectivity index is 1.82. The van der Waals surface area contributed by atoms with Crippen LogP contribution in [-0.4, -0.2) is 39.5 Å². The Labute approximate surface area is 199 Å². The van der Waals surface area contributed by atoms with Gasteiger partial charge in [-0.25, -0.2) is 9.78 Å². The lowest BCUT2D eigenvalue weighted by molar-refractivity contribution is -0.117. The molecule has 2 aromatic carbocycles. The van der Waals surface area contributed by atoms with Crippen LogP contribution in [0.4, 0.5) is 5.69 Å². The summed E-state index contributed by atoms with van der Waals surface area (Å²) in [5, 5.41) is 21.3. The molecule has 1 aliphatic rings. The molecule has 1 atom stereocenters. The first kappa shape index (κ1) is 23.2. The highest BCUT2D eigenvalue weighted by Gasteiger charge is 2.45. The molecular weight excluding hydrogens is 456 g/mol. The van der Waals surface area contributed by atoms with E-state index < -0.39 is 29.5 Å². The first-order chi connectivity index (χ1) is 16.2. The molecule has 1 aliphatic heterocycles. The lowest BCUT2D eigenvalue weighted by Crippen LogP contribution is -2.31. The zero-order valence-corrected chi connectivity index (χ0v) is 19.5. The molecule has 4 rings (SSSR count). The molecule has 9 heteroatoms. The van der Waals surface area contributed by atoms with Crippen LogP contribution in [0, 0.1) is 13.8 Å². The smallest absolute Gasteiger partial charge is 0.338 e. The summed E-state index contributed by atoms with van der Waals surface area (Å²) >= 11 is 1.19. The number of nitrogens with zero attached hydrogens (tertiary/aromatic N) is 2. The number of aliphatic hydroxyl groups excluding tert-OH is 1. The van der Waals surface area contributed by atoms with Crippen molar-refractivity contribution in [2.45, 2.75) is 26.8 Å². The number of aromatic nitrogens is 1. The second-order valence-electron chi connectivity index (χ2n) is 7.68. The number of ether oxygens (including phenoxy) is 1. The Morgan fingerprint density at radius 3 is 2.26 bits per heavy atom. The van der Waals surface area contributed by atoms with E-state index in [0.29, 0.717) is 32.4 Å². The molecule has 1 amide bonds. The van der Waals surface area contributed by atoms with Gasteiger partial charge in [0.15, 0.2) is 5.76 Å². The average molecular weight is 479 g/mol. The first-order valence-electron chi connectivity index (χ1n) is 10.5. The van der Waals surface area contributed by atoms with E-state index in [0.717, 1.165) is 0 Å². The van der Waals surface area contributed by atoms with Crippen molar-refractivity contribution in [1.82, 2.24) is 4.98 Å². The van der Waals surface area contributed by atoms with Crippen LogP contribution >= 0.6 is 11.3 Å². The first-order valence-corrected chi connectivity index (χ1v) is 11.4. The van der Waals surface area contributed by atoms with Gasteiger partial charge in [0.05, 0.1) is 39.4 Å². The Morgan fingerprint density at radius 2 is 1.71 bits per heavy atom. The summed E-state index contributed by atoms with van der Waals surface area (Å²) in [4.78, 5) is 44.7. The highest BCUT2D eigenvalue weighted by atomic mass is 32.1. The summed E-state index contributed by atoms with van der Waals surface area (Å²) in [6.07, 6.45) is 0. The van der Waals surface area contributed by atoms with Crippen LogP contribution in [0.1, 0.15) is 49.3 Å². The number of hydrogen-bond acceptors (Lipinski definition) is 8. The number of carbonyl (C=O) groups is 3. The monoisotopic (exact) mass is 478 g/mol. The van der Waals surface area contributed by atoms with Crippen LogP contribution in [0.5, 0.6) is 5.75 Å². The molecule has 0 aliphatic carbocycles. The second-order valence-corrected chi connectivity index (χ2v) is 8.88. The number of hydrogen-bond donors (Lipinski definition) is 2. The molecule has 0 bridgehead atoms. The zero-order chi connectivity index (χ0) is 24.6. The van der Waals surface area contributed by atoms with Gasteiger partial charge in [-0.2, -0.15) is 0 Å². The SMILES string of the molecule is CCOC(=O)c1ccc(N2C(=O)C(O)=C(C(=O)c3sc(C)nc3C)C2c2ccc(O)cc2)cc1. The van der Waals surface area contributed by atoms with Crippen LogP contribution < -0.4 is 4.90 Å². The minimum absolute atomic E-state index is 0.0217. The zero-order valence-electron chi connectivity index (χ0n) is 18.7. The van der Waals surface area contributed by atoms with Crippen LogP contribution in [0.25, 0.3) is 0 Å². The quantitative estimate of drug-likeness (QED) is 0.398. The number of aryl methyl sites for hydroxylation is 2. The Hall–Kier alpha value is -3.98. The molecule has 1 aromatic heterocycles. The minimum atomic E-state index is -0.948. The highest BCUT2D eigenvalue weighted by Crippen LogP contribution is 2.43. The predicted molar refractivity (Wildman–Crippen MR) is 126 cm³/mol. The van der Waals surface area contributed by atoms with Gasteiger partial charge < -0.3 is 14.9 Å². The van der Waals surface area contributed by atoms with Gasteiger partial charge in [-0.05, 0) is 62.7 Å². The lowest BCUT2D eigenvalue weighted by Gasteiger charge is -2.27. The largest absolute Gasteiger partial charge is 0.508 e. The third-order valence-corrected chi connectivity index (χ3v) is 6.50. The van der Waals surface area contributed by atoms with E-state index in [1.165, 1.54) is 40.5 Å². The molecule has 1 unspecified atom stereocenters. The number of rotatable bonds is 6. The van der Waals surface area contributed by atoms with E-state index in [1.54, 1.807) is 45.0 Å². The van der Waals surface area contributed by atoms with Gasteiger partial charge in [0.1, 0.15) is 5.75 Å². The maximum absolute atomic E-state index is 13.5. The summed E-state index contributed by atoms with van der Waals surface area (Å²) in [5.41, 5.74) is 1.65. The van der Waals surface area contributed by atoms with Gasteiger partial charge in [0, 0.05) is 5.69 Å². The Morgan fingerprint density at radius 1 is 1.06 bits per heavy atom. The second kappa shape index (κ2) is 9.11. The standard InChI is InChI=1S/C25H22N2O6S/c1-4-33-25(32)16-5-9-17(10-6-16)27-20(15-7-11-18(28)12-8-15)19(22(30)24(27)31)21(29)23-13(2)26-14(3)34-23/h5-12,20,28,30H,4H2,1-3H3. The van der Waals surface area contributed by atoms with Gasteiger partial charge in [-0.15, -0.1) is 11.3 Å². The summed E-state index contributed by atoms with van der Waals surface area (Å²) in [6.45, 7) is 5.41. The molecule has 0 fully saturated rings. The van der Waals surface area contributed by atoms with E-state index in [2.05, 4.69) is 4.98 Å². The van der Waals surface area contributed by atoms with Gasteiger partial charge in [-0.1, -0.05) is 12.1 Å². The number of phenolic OH excluding ortho intramolecular Hbond substituents is 1. The van der Waals surface area contributed by atoms with E-state index in [-0.39, 0.29) is 17.9 Å². The van der Waals surface area contributed by atoms with Gasteiger partial charge in [0.2, 0.25) is 5.78 Å². The van der Waals surface area contributed by atoms with Crippen molar-refractivity contribution in [3.8, 4) is 5.75 Å². The number of ketones is 1. The molecule has 0 radical (unpaired) electrons. The third kappa shape index (κ3) is 4.06. The average Bonchev–Trinajstić information content (AvgIpc) is 3.29. The lowest BCUT2D eigenvalue weighted by atomic mass is 9.94. The summed E-state index contributed by atoms with van der Waals surface area (Å²) in [6, 6.07) is 11.3. The van der Waals surface area contributed by atoms with Crippen molar-refractivity contribution in [3.63, 3.8) is 0 Å². The van der Waals surface area contributed by atoms with E-state index in [1.807, 2.05) is 0 Å². The normalized spacial score (nSPS) is 15.7. The van der Waals surface area contributed by atoms with Gasteiger partial charge >= 0.3 is 5.97 Å². The number of benzene rings is 2. The number of anilines is 1. The van der Waals surface area contributed by atoms with E-state index in [4.69, 9.17) is 4.74 Å². The fourth-order valence-corrected chi connectivity index (χ4v) is 4.79. The maximum Gasteiger partial charge on any atom is 0.338 e. The molecule has 8 nitrogen and oxygen atoms in total. The van der Waals surface area contributed by atoms with Crippen molar-refractivity contribution in [2.24, 2.45) is 0 Å². The van der Waals surface area contributed by atoms with E-state index in [9.17, 15) is 24.6 Å². The van der Waals surface area contributed by atoms with Crippen LogP contribution in [-0.2, 0) is 9.53 Å². The molecule has 0 spiro atoms. The molecule has 0 saturated heterocycles. The molecule has 0 saturated carbocycles. The van der Waals surface area contributed by atoms with Crippen LogP contribution in [0.2, 0.25) is 0 Å². The fourth-order valence-electron chi connectivity index (χ4n) is 3.91. The van der Waals surface area contributed by atoms with Gasteiger partial charge in [-0.3, -0.25) is 14.5 Å².